The van der Waals surface area contributed by atoms with E-state index in [0.717, 1.165) is 10.5 Å². The molecule has 0 spiro atoms. The Morgan fingerprint density at radius 2 is 2.00 bits per heavy atom. The second-order valence-corrected chi connectivity index (χ2v) is 7.25. The number of fused-ring (bicyclic) bond motifs is 1. The molecule has 3 amide bonds. The second kappa shape index (κ2) is 9.13. The van der Waals surface area contributed by atoms with E-state index in [1.165, 1.54) is 30.7 Å². The van der Waals surface area contributed by atoms with Crippen molar-refractivity contribution in [3.05, 3.63) is 29.8 Å². The third-order valence-corrected chi connectivity index (χ3v) is 5.08. The third kappa shape index (κ3) is 4.50. The number of benzene rings is 1. The minimum Gasteiger partial charge on any atom is -0.490 e. The van der Waals surface area contributed by atoms with Crippen LogP contribution in [-0.4, -0.2) is 102 Å². The maximum absolute atomic E-state index is 12.8. The molecular formula is C20H26N5O6+. The van der Waals surface area contributed by atoms with Crippen molar-refractivity contribution < 1.29 is 33.5 Å². The number of guanidine groups is 1. The first-order chi connectivity index (χ1) is 14.7. The summed E-state index contributed by atoms with van der Waals surface area (Å²) in [4.78, 5) is 43.3. The van der Waals surface area contributed by atoms with Crippen LogP contribution in [0.5, 0.6) is 5.75 Å². The first-order valence-electron chi connectivity index (χ1n) is 9.69. The predicted octanol–water partition coefficient (Wildman–Crippen LogP) is -0.830. The number of amidine groups is 1. The molecule has 0 radical (unpaired) electrons. The number of nitrogens with zero attached hydrogens (tertiary/aromatic N) is 4. The number of para-hydroxylation sites is 1. The molecule has 0 aliphatic carbocycles. The van der Waals surface area contributed by atoms with Crippen LogP contribution in [0.4, 0.5) is 4.79 Å². The number of amides is 3. The molecular weight excluding hydrogens is 406 g/mol. The van der Waals surface area contributed by atoms with E-state index in [-0.39, 0.29) is 31.5 Å². The highest BCUT2D eigenvalue weighted by Crippen LogP contribution is 2.19. The summed E-state index contributed by atoms with van der Waals surface area (Å²) in [6.45, 7) is 1.67. The minimum atomic E-state index is -0.981. The largest absolute Gasteiger partial charge is 0.490 e. The molecule has 166 valence electrons. The lowest BCUT2D eigenvalue weighted by Crippen LogP contribution is -2.62. The third-order valence-electron chi connectivity index (χ3n) is 5.08. The fourth-order valence-corrected chi connectivity index (χ4v) is 3.34. The number of hydrogen-bond donors (Lipinski definition) is 2. The molecule has 31 heavy (non-hydrogen) atoms. The zero-order valence-electron chi connectivity index (χ0n) is 17.9. The SMILES string of the molecule is COC(=O)CNC1=[N+](CC(O)COc2ccccc2C)C2C(=O)N(C)C(=O)N(C)C2=N1. The molecule has 1 saturated heterocycles. The molecule has 1 aromatic rings. The van der Waals surface area contributed by atoms with Gasteiger partial charge in [-0.2, -0.15) is 0 Å². The number of aliphatic hydroxyl groups is 1. The van der Waals surface area contributed by atoms with E-state index in [9.17, 15) is 19.5 Å². The van der Waals surface area contributed by atoms with E-state index in [0.29, 0.717) is 5.75 Å². The molecule has 1 aromatic carbocycles. The van der Waals surface area contributed by atoms with Crippen LogP contribution in [0.25, 0.3) is 0 Å². The Hall–Kier alpha value is -3.47. The normalized spacial score (nSPS) is 19.3. The Bertz CT molecular complexity index is 959. The smallest absolute Gasteiger partial charge is 0.390 e. The van der Waals surface area contributed by atoms with E-state index in [4.69, 9.17) is 4.74 Å². The van der Waals surface area contributed by atoms with Gasteiger partial charge in [-0.25, -0.2) is 14.2 Å². The number of hydrogen-bond acceptors (Lipinski definition) is 8. The summed E-state index contributed by atoms with van der Waals surface area (Å²) < 4.78 is 11.9. The summed E-state index contributed by atoms with van der Waals surface area (Å²) in [5.74, 6) is 0.0328. The quantitative estimate of drug-likeness (QED) is 0.426. The van der Waals surface area contributed by atoms with Crippen molar-refractivity contribution in [2.45, 2.75) is 19.1 Å². The zero-order chi connectivity index (χ0) is 22.7. The summed E-state index contributed by atoms with van der Waals surface area (Å²) in [6, 6.07) is 5.99. The first kappa shape index (κ1) is 22.2. The predicted molar refractivity (Wildman–Crippen MR) is 110 cm³/mol. The van der Waals surface area contributed by atoms with Crippen molar-refractivity contribution in [1.29, 1.82) is 0 Å². The van der Waals surface area contributed by atoms with Crippen molar-refractivity contribution in [2.75, 3.05) is 40.9 Å². The number of methoxy groups -OCH3 is 1. The standard InChI is InChI=1S/C20H25N5O6/c1-12-7-5-6-8-14(12)31-11-13(26)10-25-16-17(22-19(25)21-9-15(27)30-4)23(2)20(29)24(3)18(16)28/h5-8,13,16,26H,9-11H2,1-4H3/p+1. The Morgan fingerprint density at radius 3 is 2.68 bits per heavy atom. The number of aliphatic imine (C=N–C) groups is 1. The maximum Gasteiger partial charge on any atom is 0.390 e. The molecule has 1 fully saturated rings. The molecule has 2 aliphatic rings. The lowest BCUT2D eigenvalue weighted by atomic mass is 10.1. The molecule has 0 saturated carbocycles. The number of ether oxygens (including phenoxy) is 2. The highest BCUT2D eigenvalue weighted by atomic mass is 16.5. The average Bonchev–Trinajstić information content (AvgIpc) is 3.12. The highest BCUT2D eigenvalue weighted by Gasteiger charge is 2.51. The molecule has 2 heterocycles. The van der Waals surface area contributed by atoms with Gasteiger partial charge in [-0.15, -0.1) is 0 Å². The van der Waals surface area contributed by atoms with Gasteiger partial charge in [0.2, 0.25) is 11.9 Å². The number of aryl methyl sites for hydroxylation is 1. The number of rotatable bonds is 7. The number of urea groups is 1. The summed E-state index contributed by atoms with van der Waals surface area (Å²) in [5.41, 5.74) is 0.928. The summed E-state index contributed by atoms with van der Waals surface area (Å²) in [7, 11) is 4.15. The van der Waals surface area contributed by atoms with Crippen LogP contribution in [0.3, 0.4) is 0 Å². The van der Waals surface area contributed by atoms with Crippen LogP contribution in [0, 0.1) is 6.92 Å². The Labute approximate surface area is 179 Å². The van der Waals surface area contributed by atoms with Gasteiger partial charge < -0.3 is 14.6 Å². The number of likely N-dealkylation sites (N-methyl/N-ethyl adjacent to an activating group) is 2. The van der Waals surface area contributed by atoms with Crippen molar-refractivity contribution in [1.82, 2.24) is 15.1 Å². The van der Waals surface area contributed by atoms with Gasteiger partial charge in [0.25, 0.3) is 5.91 Å². The maximum atomic E-state index is 12.8. The lowest BCUT2D eigenvalue weighted by Gasteiger charge is -2.32. The lowest BCUT2D eigenvalue weighted by molar-refractivity contribution is -0.545. The second-order valence-electron chi connectivity index (χ2n) is 7.25. The van der Waals surface area contributed by atoms with Crippen LogP contribution in [0.2, 0.25) is 0 Å². The van der Waals surface area contributed by atoms with Crippen LogP contribution in [0.15, 0.2) is 29.3 Å². The van der Waals surface area contributed by atoms with Gasteiger partial charge in [0.15, 0.2) is 6.54 Å². The van der Waals surface area contributed by atoms with E-state index in [2.05, 4.69) is 15.0 Å². The van der Waals surface area contributed by atoms with Gasteiger partial charge in [-0.1, -0.05) is 23.2 Å². The molecule has 3 rings (SSSR count). The summed E-state index contributed by atoms with van der Waals surface area (Å²) in [6.07, 6.45) is -0.981. The molecule has 11 nitrogen and oxygen atoms in total. The number of aliphatic hydroxyl groups excluding tert-OH is 1. The first-order valence-corrected chi connectivity index (χ1v) is 9.69. The van der Waals surface area contributed by atoms with Gasteiger partial charge in [0, 0.05) is 14.1 Å². The van der Waals surface area contributed by atoms with Gasteiger partial charge in [-0.3, -0.25) is 19.9 Å². The monoisotopic (exact) mass is 432 g/mol. The zero-order valence-corrected chi connectivity index (χ0v) is 17.9. The van der Waals surface area contributed by atoms with Crippen LogP contribution in [0.1, 0.15) is 5.56 Å². The van der Waals surface area contributed by atoms with Gasteiger partial charge in [0.1, 0.15) is 18.5 Å². The molecule has 0 aromatic heterocycles. The van der Waals surface area contributed by atoms with Crippen LogP contribution in [-0.2, 0) is 14.3 Å². The molecule has 2 atom stereocenters. The number of carbonyl (C=O) groups excluding carboxylic acids is 3. The molecule has 11 heteroatoms. The topological polar surface area (TPSA) is 124 Å². The minimum absolute atomic E-state index is 0.0192. The Morgan fingerprint density at radius 1 is 1.29 bits per heavy atom. The van der Waals surface area contributed by atoms with Crippen molar-refractivity contribution in [2.24, 2.45) is 4.99 Å². The van der Waals surface area contributed by atoms with E-state index in [1.54, 1.807) is 6.07 Å². The summed E-state index contributed by atoms with van der Waals surface area (Å²) in [5, 5.41) is 13.4. The molecule has 2 aliphatic heterocycles. The van der Waals surface area contributed by atoms with Crippen molar-refractivity contribution in [3.63, 3.8) is 0 Å². The van der Waals surface area contributed by atoms with Crippen LogP contribution >= 0.6 is 0 Å². The Balaban J connectivity index is 1.80. The van der Waals surface area contributed by atoms with Crippen molar-refractivity contribution >= 4 is 29.7 Å². The summed E-state index contributed by atoms with van der Waals surface area (Å²) >= 11 is 0. The number of β-amino-alcohol motifs (C(OH)–C–C–N with tert-alkyl or cyclic N) is 1. The number of carbonyl (C=O) groups is 3. The fourth-order valence-electron chi connectivity index (χ4n) is 3.34. The Kier molecular flexibility index (Phi) is 6.54. The van der Waals surface area contributed by atoms with Gasteiger partial charge in [0.05, 0.1) is 13.7 Å². The highest BCUT2D eigenvalue weighted by molar-refractivity contribution is 6.22. The van der Waals surface area contributed by atoms with Crippen LogP contribution < -0.4 is 10.1 Å². The number of esters is 1. The average molecular weight is 432 g/mol. The molecule has 2 N–H and O–H groups in total. The van der Waals surface area contributed by atoms with Gasteiger partial charge >= 0.3 is 18.0 Å². The van der Waals surface area contributed by atoms with E-state index >= 15 is 0 Å². The van der Waals surface area contributed by atoms with Crippen molar-refractivity contribution in [3.8, 4) is 5.75 Å². The van der Waals surface area contributed by atoms with E-state index < -0.39 is 30.1 Å². The van der Waals surface area contributed by atoms with E-state index in [1.807, 2.05) is 25.1 Å². The number of imide groups is 1. The molecule has 2 unspecified atom stereocenters. The fraction of sp³-hybridized carbons (Fsp3) is 0.450. The number of nitrogens with one attached hydrogen (secondary N) is 1. The van der Waals surface area contributed by atoms with Gasteiger partial charge in [-0.05, 0) is 18.6 Å². The molecule has 0 bridgehead atoms.